The molecule has 1 aromatic heterocycles. The summed E-state index contributed by atoms with van der Waals surface area (Å²) in [5, 5.41) is 8.10. The Morgan fingerprint density at radius 3 is 2.52 bits per heavy atom. The second kappa shape index (κ2) is 8.60. The summed E-state index contributed by atoms with van der Waals surface area (Å²) in [6, 6.07) is 9.86. The van der Waals surface area contributed by atoms with Crippen molar-refractivity contribution >= 4 is 26.0 Å². The van der Waals surface area contributed by atoms with Crippen LogP contribution < -0.4 is 9.46 Å². The fourth-order valence-electron chi connectivity index (χ4n) is 2.74. The molecule has 1 N–H and O–H groups in total. The van der Waals surface area contributed by atoms with Crippen molar-refractivity contribution in [2.45, 2.75) is 38.3 Å². The molecule has 1 heterocycles. The first-order chi connectivity index (χ1) is 13.7. The Morgan fingerprint density at radius 1 is 1.21 bits per heavy atom. The number of aromatic nitrogens is 3. The van der Waals surface area contributed by atoms with Crippen LogP contribution in [0, 0.1) is 12.7 Å². The Morgan fingerprint density at radius 2 is 1.90 bits per heavy atom. The molecule has 10 heteroatoms. The molecule has 0 spiro atoms. The van der Waals surface area contributed by atoms with Gasteiger partial charge in [-0.25, -0.2) is 17.5 Å². The van der Waals surface area contributed by atoms with Gasteiger partial charge in [-0.2, -0.15) is 0 Å². The van der Waals surface area contributed by atoms with Gasteiger partial charge in [0.15, 0.2) is 5.82 Å². The summed E-state index contributed by atoms with van der Waals surface area (Å²) in [7, 11) is -3.76. The molecule has 0 saturated heterocycles. The molecule has 0 amide bonds. The number of hydrogen-bond acceptors (Lipinski definition) is 5. The minimum atomic E-state index is -3.76. The first-order valence-electron chi connectivity index (χ1n) is 8.86. The van der Waals surface area contributed by atoms with Gasteiger partial charge in [0.1, 0.15) is 11.6 Å². The minimum absolute atomic E-state index is 0.162. The van der Waals surface area contributed by atoms with Crippen LogP contribution in [-0.2, 0) is 16.6 Å². The lowest BCUT2D eigenvalue weighted by atomic mass is 10.2. The average molecular weight is 483 g/mol. The number of rotatable bonds is 7. The maximum absolute atomic E-state index is 13.1. The van der Waals surface area contributed by atoms with Crippen molar-refractivity contribution < 1.29 is 17.5 Å². The highest BCUT2D eigenvalue weighted by molar-refractivity contribution is 9.10. The van der Waals surface area contributed by atoms with Gasteiger partial charge in [-0.3, -0.25) is 4.57 Å². The number of hydrogen-bond donors (Lipinski definition) is 1. The van der Waals surface area contributed by atoms with Crippen molar-refractivity contribution in [3.8, 4) is 11.8 Å². The average Bonchev–Trinajstić information content (AvgIpc) is 3.08. The summed E-state index contributed by atoms with van der Waals surface area (Å²) in [6.07, 6.45) is 0. The van der Waals surface area contributed by atoms with E-state index in [-0.39, 0.29) is 16.7 Å². The lowest BCUT2D eigenvalue weighted by Gasteiger charge is -2.16. The third kappa shape index (κ3) is 4.82. The predicted octanol–water partition coefficient (Wildman–Crippen LogP) is 4.34. The van der Waals surface area contributed by atoms with Crippen LogP contribution >= 0.6 is 15.9 Å². The van der Waals surface area contributed by atoms with Gasteiger partial charge in [-0.05, 0) is 68.8 Å². The minimum Gasteiger partial charge on any atom is -0.424 e. The molecule has 0 aliphatic carbocycles. The number of benzene rings is 2. The van der Waals surface area contributed by atoms with E-state index in [0.29, 0.717) is 18.1 Å². The molecule has 0 radical (unpaired) electrons. The molecule has 0 aliphatic heterocycles. The number of aryl methyl sites for hydroxylation is 1. The topological polar surface area (TPSA) is 86.1 Å². The van der Waals surface area contributed by atoms with Crippen LogP contribution in [0.3, 0.4) is 0 Å². The zero-order valence-corrected chi connectivity index (χ0v) is 18.5. The molecule has 0 bridgehead atoms. The third-order valence-electron chi connectivity index (χ3n) is 4.24. The van der Waals surface area contributed by atoms with E-state index in [4.69, 9.17) is 4.74 Å². The molecule has 3 rings (SSSR count). The number of nitrogens with one attached hydrogen (secondary N) is 1. The second-order valence-corrected chi connectivity index (χ2v) is 8.96. The maximum Gasteiger partial charge on any atom is 0.322 e. The maximum atomic E-state index is 13.1. The Hall–Kier alpha value is -2.30. The summed E-state index contributed by atoms with van der Waals surface area (Å²) in [4.78, 5) is 0.162. The fourth-order valence-corrected chi connectivity index (χ4v) is 4.27. The van der Waals surface area contributed by atoms with Gasteiger partial charge in [-0.1, -0.05) is 21.0 Å². The standard InChI is InChI=1S/C19H20BrFN4O3S/c1-4-25-18(22-23-19(25)28-15-7-5-14(21)6-8-15)13(3)24-29(26,27)16-9-10-17(20)12(2)11-16/h5-11,13,24H,4H2,1-3H3/t13-/m1/s1. The van der Waals surface area contributed by atoms with E-state index in [2.05, 4.69) is 30.8 Å². The van der Waals surface area contributed by atoms with Crippen molar-refractivity contribution in [1.82, 2.24) is 19.5 Å². The van der Waals surface area contributed by atoms with E-state index < -0.39 is 16.1 Å². The molecule has 0 saturated carbocycles. The molecule has 7 nitrogen and oxygen atoms in total. The van der Waals surface area contributed by atoms with Crippen LogP contribution in [0.4, 0.5) is 4.39 Å². The van der Waals surface area contributed by atoms with E-state index in [0.717, 1.165) is 10.0 Å². The Balaban J connectivity index is 1.83. The van der Waals surface area contributed by atoms with Gasteiger partial charge < -0.3 is 4.74 Å². The van der Waals surface area contributed by atoms with Gasteiger partial charge >= 0.3 is 6.01 Å². The monoisotopic (exact) mass is 482 g/mol. The van der Waals surface area contributed by atoms with Gasteiger partial charge in [-0.15, -0.1) is 5.10 Å². The first kappa shape index (κ1) is 21.4. The van der Waals surface area contributed by atoms with Crippen LogP contribution in [0.15, 0.2) is 51.8 Å². The molecule has 154 valence electrons. The van der Waals surface area contributed by atoms with Crippen LogP contribution in [0.5, 0.6) is 11.8 Å². The lowest BCUT2D eigenvalue weighted by Crippen LogP contribution is -2.29. The summed E-state index contributed by atoms with van der Waals surface area (Å²) >= 11 is 3.36. The summed E-state index contributed by atoms with van der Waals surface area (Å²) < 4.78 is 49.4. The zero-order valence-electron chi connectivity index (χ0n) is 16.1. The SMILES string of the molecule is CCn1c(Oc2ccc(F)cc2)nnc1[C@@H](C)NS(=O)(=O)c1ccc(Br)c(C)c1. The van der Waals surface area contributed by atoms with E-state index in [1.807, 2.05) is 13.8 Å². The second-order valence-electron chi connectivity index (χ2n) is 6.39. The fraction of sp³-hybridized carbons (Fsp3) is 0.263. The summed E-state index contributed by atoms with van der Waals surface area (Å²) in [6.45, 7) is 5.83. The smallest absolute Gasteiger partial charge is 0.322 e. The largest absolute Gasteiger partial charge is 0.424 e. The van der Waals surface area contributed by atoms with E-state index in [9.17, 15) is 12.8 Å². The highest BCUT2D eigenvalue weighted by Crippen LogP contribution is 2.25. The number of ether oxygens (including phenoxy) is 1. The molecule has 1 atom stereocenters. The highest BCUT2D eigenvalue weighted by Gasteiger charge is 2.24. The highest BCUT2D eigenvalue weighted by atomic mass is 79.9. The molecular formula is C19H20BrFN4O3S. The van der Waals surface area contributed by atoms with Crippen molar-refractivity contribution in [3.63, 3.8) is 0 Å². The van der Waals surface area contributed by atoms with Crippen molar-refractivity contribution in [1.29, 1.82) is 0 Å². The normalized spacial score (nSPS) is 12.7. The molecule has 3 aromatic rings. The van der Waals surface area contributed by atoms with Crippen molar-refractivity contribution in [2.75, 3.05) is 0 Å². The Kier molecular flexibility index (Phi) is 6.35. The van der Waals surface area contributed by atoms with Crippen LogP contribution in [0.2, 0.25) is 0 Å². The van der Waals surface area contributed by atoms with Crippen LogP contribution in [0.25, 0.3) is 0 Å². The molecule has 29 heavy (non-hydrogen) atoms. The molecule has 0 unspecified atom stereocenters. The van der Waals surface area contributed by atoms with E-state index in [1.165, 1.54) is 30.3 Å². The first-order valence-corrected chi connectivity index (χ1v) is 11.1. The predicted molar refractivity (Wildman–Crippen MR) is 110 cm³/mol. The zero-order chi connectivity index (χ0) is 21.2. The van der Waals surface area contributed by atoms with Gasteiger partial charge in [0, 0.05) is 11.0 Å². The van der Waals surface area contributed by atoms with E-state index >= 15 is 0 Å². The molecular weight excluding hydrogens is 463 g/mol. The Bertz CT molecular complexity index is 1120. The number of halogens is 2. The number of nitrogens with zero attached hydrogens (tertiary/aromatic N) is 3. The van der Waals surface area contributed by atoms with Gasteiger partial charge in [0.05, 0.1) is 10.9 Å². The van der Waals surface area contributed by atoms with Gasteiger partial charge in [0.25, 0.3) is 0 Å². The molecule has 0 aliphatic rings. The van der Waals surface area contributed by atoms with Crippen LogP contribution in [-0.4, -0.2) is 23.2 Å². The summed E-state index contributed by atoms with van der Waals surface area (Å²) in [5.41, 5.74) is 0.812. The lowest BCUT2D eigenvalue weighted by molar-refractivity contribution is 0.407. The molecule has 2 aromatic carbocycles. The summed E-state index contributed by atoms with van der Waals surface area (Å²) in [5.74, 6) is 0.432. The van der Waals surface area contributed by atoms with Crippen molar-refractivity contribution in [3.05, 3.63) is 64.1 Å². The number of sulfonamides is 1. The third-order valence-corrected chi connectivity index (χ3v) is 6.67. The Labute approximate surface area is 177 Å². The molecule has 0 fully saturated rings. The quantitative estimate of drug-likeness (QED) is 0.541. The van der Waals surface area contributed by atoms with E-state index in [1.54, 1.807) is 23.6 Å². The van der Waals surface area contributed by atoms with Gasteiger partial charge in [0.2, 0.25) is 10.0 Å². The van der Waals surface area contributed by atoms with Crippen molar-refractivity contribution in [2.24, 2.45) is 0 Å². The van der Waals surface area contributed by atoms with Crippen LogP contribution in [0.1, 0.15) is 31.3 Å².